The molecule has 0 saturated heterocycles. The van der Waals surface area contributed by atoms with Crippen LogP contribution in [0.25, 0.3) is 0 Å². The van der Waals surface area contributed by atoms with E-state index in [-0.39, 0.29) is 0 Å². The summed E-state index contributed by atoms with van der Waals surface area (Å²) in [5.41, 5.74) is 2.50. The Hall–Kier alpha value is -2.32. The topological polar surface area (TPSA) is 67.1 Å². The minimum absolute atomic E-state index is 0.727. The maximum atomic E-state index is 4.32. The van der Waals surface area contributed by atoms with Gasteiger partial charge in [-0.1, -0.05) is 36.0 Å². The second-order valence-electron chi connectivity index (χ2n) is 5.82. The molecule has 0 saturated carbocycles. The maximum Gasteiger partial charge on any atom is 0.191 e. The summed E-state index contributed by atoms with van der Waals surface area (Å²) in [6.45, 7) is 2.38. The van der Waals surface area contributed by atoms with Crippen LogP contribution in [0.5, 0.6) is 0 Å². The first-order chi connectivity index (χ1) is 13.3. The lowest BCUT2D eigenvalue weighted by Crippen LogP contribution is -2.37. The number of nitrogens with zero attached hydrogens (tertiary/aromatic N) is 4. The molecule has 0 radical (unpaired) electrons. The van der Waals surface area contributed by atoms with E-state index in [1.807, 2.05) is 28.5 Å². The molecule has 6 nitrogen and oxygen atoms in total. The standard InChI is InChI=1S/C19H24N6S2/c1-20-18(21-8-5-12-26-19-22-10-13-27-19)23-14-16-6-2-3-7-17(16)15-25-11-4-9-24-25/h2-4,6-7,9-11,13H,5,8,12,14-15H2,1H3,(H2,20,21,23). The highest BCUT2D eigenvalue weighted by Crippen LogP contribution is 2.20. The van der Waals surface area contributed by atoms with Gasteiger partial charge in [-0.2, -0.15) is 5.10 Å². The van der Waals surface area contributed by atoms with E-state index in [0.29, 0.717) is 0 Å². The van der Waals surface area contributed by atoms with E-state index in [2.05, 4.69) is 50.0 Å². The number of benzene rings is 1. The van der Waals surface area contributed by atoms with Crippen molar-refractivity contribution in [3.05, 3.63) is 65.4 Å². The number of aromatic nitrogens is 3. The van der Waals surface area contributed by atoms with Crippen LogP contribution in [-0.4, -0.2) is 40.1 Å². The molecule has 2 aromatic heterocycles. The van der Waals surface area contributed by atoms with Crippen LogP contribution in [0.15, 0.2) is 63.6 Å². The third kappa shape index (κ3) is 6.41. The van der Waals surface area contributed by atoms with E-state index in [1.165, 1.54) is 11.1 Å². The van der Waals surface area contributed by atoms with Gasteiger partial charge in [-0.3, -0.25) is 9.67 Å². The molecule has 0 aliphatic rings. The van der Waals surface area contributed by atoms with Gasteiger partial charge < -0.3 is 10.6 Å². The molecule has 0 bridgehead atoms. The highest BCUT2D eigenvalue weighted by atomic mass is 32.2. The second kappa shape index (κ2) is 10.7. The second-order valence-corrected chi connectivity index (χ2v) is 8.06. The zero-order valence-electron chi connectivity index (χ0n) is 15.3. The van der Waals surface area contributed by atoms with Crippen molar-refractivity contribution in [2.45, 2.75) is 23.8 Å². The smallest absolute Gasteiger partial charge is 0.191 e. The highest BCUT2D eigenvalue weighted by molar-refractivity contribution is 8.00. The SMILES string of the molecule is CN=C(NCCCSc1nccs1)NCc1ccccc1Cn1cccn1. The summed E-state index contributed by atoms with van der Waals surface area (Å²) in [5.74, 6) is 1.87. The summed E-state index contributed by atoms with van der Waals surface area (Å²) in [6.07, 6.45) is 6.69. The number of hydrogen-bond donors (Lipinski definition) is 2. The molecule has 0 amide bonds. The first-order valence-corrected chi connectivity index (χ1v) is 10.7. The average molecular weight is 401 g/mol. The first kappa shape index (κ1) is 19.4. The number of aliphatic imine (C=N–C) groups is 1. The number of thioether (sulfide) groups is 1. The molecule has 8 heteroatoms. The van der Waals surface area contributed by atoms with Crippen LogP contribution in [-0.2, 0) is 13.1 Å². The van der Waals surface area contributed by atoms with Crippen LogP contribution in [0, 0.1) is 0 Å². The monoisotopic (exact) mass is 400 g/mol. The van der Waals surface area contributed by atoms with E-state index >= 15 is 0 Å². The molecule has 1 aromatic carbocycles. The van der Waals surface area contributed by atoms with Gasteiger partial charge in [0.15, 0.2) is 5.96 Å². The molecular weight excluding hydrogens is 376 g/mol. The molecule has 3 rings (SSSR count). The van der Waals surface area contributed by atoms with Gasteiger partial charge in [0.1, 0.15) is 4.34 Å². The van der Waals surface area contributed by atoms with Crippen LogP contribution in [0.2, 0.25) is 0 Å². The average Bonchev–Trinajstić information content (AvgIpc) is 3.39. The zero-order chi connectivity index (χ0) is 18.7. The van der Waals surface area contributed by atoms with Crippen LogP contribution in [0.1, 0.15) is 17.5 Å². The molecule has 0 unspecified atom stereocenters. The van der Waals surface area contributed by atoms with Gasteiger partial charge in [0.25, 0.3) is 0 Å². The normalized spacial score (nSPS) is 11.5. The molecule has 0 spiro atoms. The Morgan fingerprint density at radius 1 is 1.19 bits per heavy atom. The van der Waals surface area contributed by atoms with Crippen molar-refractivity contribution >= 4 is 29.1 Å². The van der Waals surface area contributed by atoms with Crippen LogP contribution >= 0.6 is 23.1 Å². The minimum atomic E-state index is 0.727. The molecule has 2 N–H and O–H groups in total. The number of thiazole rings is 1. The van der Waals surface area contributed by atoms with Crippen LogP contribution in [0.3, 0.4) is 0 Å². The van der Waals surface area contributed by atoms with Crippen molar-refractivity contribution < 1.29 is 0 Å². The summed E-state index contributed by atoms with van der Waals surface area (Å²) < 4.78 is 3.07. The van der Waals surface area contributed by atoms with Gasteiger partial charge in [0.05, 0.1) is 6.54 Å². The lowest BCUT2D eigenvalue weighted by atomic mass is 10.1. The van der Waals surface area contributed by atoms with E-state index in [4.69, 9.17) is 0 Å². The molecule has 142 valence electrons. The van der Waals surface area contributed by atoms with Crippen molar-refractivity contribution in [2.75, 3.05) is 19.3 Å². The predicted molar refractivity (Wildman–Crippen MR) is 113 cm³/mol. The van der Waals surface area contributed by atoms with Crippen molar-refractivity contribution in [1.82, 2.24) is 25.4 Å². The minimum Gasteiger partial charge on any atom is -0.356 e. The third-order valence-corrected chi connectivity index (χ3v) is 5.98. The number of nitrogens with one attached hydrogen (secondary N) is 2. The summed E-state index contributed by atoms with van der Waals surface area (Å²) in [7, 11) is 1.80. The van der Waals surface area contributed by atoms with E-state index in [9.17, 15) is 0 Å². The molecule has 2 heterocycles. The Balaban J connectivity index is 1.42. The predicted octanol–water partition coefficient (Wildman–Crippen LogP) is 3.24. The fourth-order valence-corrected chi connectivity index (χ4v) is 4.22. The Kier molecular flexibility index (Phi) is 7.73. The van der Waals surface area contributed by atoms with E-state index < -0.39 is 0 Å². The Bertz CT molecular complexity index is 815. The molecule has 27 heavy (non-hydrogen) atoms. The zero-order valence-corrected chi connectivity index (χ0v) is 17.0. The van der Waals surface area contributed by atoms with Crippen LogP contribution < -0.4 is 10.6 Å². The van der Waals surface area contributed by atoms with Gasteiger partial charge in [-0.15, -0.1) is 11.3 Å². The van der Waals surface area contributed by atoms with Crippen molar-refractivity contribution in [1.29, 1.82) is 0 Å². The highest BCUT2D eigenvalue weighted by Gasteiger charge is 2.05. The van der Waals surface area contributed by atoms with Crippen molar-refractivity contribution in [3.8, 4) is 0 Å². The van der Waals surface area contributed by atoms with Gasteiger partial charge in [0, 0.05) is 49.9 Å². The van der Waals surface area contributed by atoms with E-state index in [0.717, 1.165) is 42.1 Å². The summed E-state index contributed by atoms with van der Waals surface area (Å²) in [5, 5.41) is 13.1. The fourth-order valence-electron chi connectivity index (χ4n) is 2.57. The first-order valence-electron chi connectivity index (χ1n) is 8.86. The molecular formula is C19H24N6S2. The van der Waals surface area contributed by atoms with Gasteiger partial charge >= 0.3 is 0 Å². The van der Waals surface area contributed by atoms with Gasteiger partial charge in [-0.25, -0.2) is 4.98 Å². The number of guanidine groups is 1. The largest absolute Gasteiger partial charge is 0.356 e. The molecule has 3 aromatic rings. The third-order valence-electron chi connectivity index (χ3n) is 3.93. The molecule has 0 atom stereocenters. The lowest BCUT2D eigenvalue weighted by molar-refractivity contribution is 0.677. The summed E-state index contributed by atoms with van der Waals surface area (Å²) in [6, 6.07) is 10.4. The molecule has 0 aliphatic carbocycles. The van der Waals surface area contributed by atoms with Gasteiger partial charge in [0.2, 0.25) is 0 Å². The Morgan fingerprint density at radius 3 is 2.81 bits per heavy atom. The quantitative estimate of drug-likeness (QED) is 0.250. The number of rotatable bonds is 9. The lowest BCUT2D eigenvalue weighted by Gasteiger charge is -2.14. The van der Waals surface area contributed by atoms with E-state index in [1.54, 1.807) is 36.3 Å². The summed E-state index contributed by atoms with van der Waals surface area (Å²) >= 11 is 3.49. The van der Waals surface area contributed by atoms with Crippen molar-refractivity contribution in [2.24, 2.45) is 4.99 Å². The molecule has 0 aliphatic heterocycles. The Labute approximate surface area is 168 Å². The van der Waals surface area contributed by atoms with Gasteiger partial charge in [-0.05, 0) is 23.6 Å². The summed E-state index contributed by atoms with van der Waals surface area (Å²) in [4.78, 5) is 8.60. The number of hydrogen-bond acceptors (Lipinski definition) is 5. The Morgan fingerprint density at radius 2 is 2.07 bits per heavy atom. The fraction of sp³-hybridized carbons (Fsp3) is 0.316. The van der Waals surface area contributed by atoms with Crippen molar-refractivity contribution in [3.63, 3.8) is 0 Å². The maximum absolute atomic E-state index is 4.32. The molecule has 0 fully saturated rings. The van der Waals surface area contributed by atoms with Crippen LogP contribution in [0.4, 0.5) is 0 Å².